The Bertz CT molecular complexity index is 1720. The van der Waals surface area contributed by atoms with E-state index in [0.29, 0.717) is 5.75 Å². The Hall–Kier alpha value is -4.35. The molecule has 11 heteroatoms. The number of amides is 2. The van der Waals surface area contributed by atoms with Crippen LogP contribution in [0.15, 0.2) is 106 Å². The van der Waals surface area contributed by atoms with Crippen LogP contribution in [0.25, 0.3) is 0 Å². The van der Waals surface area contributed by atoms with Crippen molar-refractivity contribution in [3.05, 3.63) is 118 Å². The fourth-order valence-corrected chi connectivity index (χ4v) is 6.53. The number of aryl methyl sites for hydroxylation is 1. The highest BCUT2D eigenvalue weighted by molar-refractivity contribution is 9.10. The third-order valence-corrected chi connectivity index (χ3v) is 9.63. The number of rotatable bonds is 13. The van der Waals surface area contributed by atoms with Gasteiger partial charge >= 0.3 is 0 Å². The number of methoxy groups -OCH3 is 2. The number of hydrogen-bond donors (Lipinski definition) is 1. The van der Waals surface area contributed by atoms with Crippen LogP contribution in [0.5, 0.6) is 11.5 Å². The molecule has 4 rings (SSSR count). The first-order chi connectivity index (χ1) is 21.6. The fraction of sp³-hybridized carbons (Fsp3) is 0.235. The molecular weight excluding hydrogens is 658 g/mol. The highest BCUT2D eigenvalue weighted by atomic mass is 79.9. The van der Waals surface area contributed by atoms with E-state index in [0.717, 1.165) is 25.5 Å². The maximum atomic E-state index is 14.5. The molecule has 236 valence electrons. The number of carbonyl (C=O) groups excluding carboxylic acids is 2. The number of nitrogens with zero attached hydrogens (tertiary/aromatic N) is 2. The zero-order chi connectivity index (χ0) is 32.6. The summed E-state index contributed by atoms with van der Waals surface area (Å²) < 4.78 is 41.4. The monoisotopic (exact) mass is 693 g/mol. The van der Waals surface area contributed by atoms with Crippen LogP contribution >= 0.6 is 15.9 Å². The molecule has 0 aliphatic rings. The second-order valence-corrected chi connectivity index (χ2v) is 13.1. The van der Waals surface area contributed by atoms with Crippen LogP contribution < -0.4 is 19.1 Å². The topological polar surface area (TPSA) is 105 Å². The van der Waals surface area contributed by atoms with Crippen LogP contribution in [-0.4, -0.2) is 59.0 Å². The first-order valence-corrected chi connectivity index (χ1v) is 16.4. The Labute approximate surface area is 273 Å². The summed E-state index contributed by atoms with van der Waals surface area (Å²) in [6.07, 6.45) is 0.218. The maximum absolute atomic E-state index is 14.5. The summed E-state index contributed by atoms with van der Waals surface area (Å²) in [7, 11) is 0.0965. The highest BCUT2D eigenvalue weighted by Crippen LogP contribution is 2.36. The Morgan fingerprint density at radius 3 is 2.13 bits per heavy atom. The first kappa shape index (κ1) is 33.5. The van der Waals surface area contributed by atoms with Gasteiger partial charge in [0, 0.05) is 30.6 Å². The quantitative estimate of drug-likeness (QED) is 0.202. The Morgan fingerprint density at radius 1 is 0.867 bits per heavy atom. The van der Waals surface area contributed by atoms with Gasteiger partial charge in [0.25, 0.3) is 10.0 Å². The molecular formula is C34H36BrN3O6S. The molecule has 4 aromatic carbocycles. The molecule has 0 aliphatic heterocycles. The Morgan fingerprint density at radius 2 is 1.53 bits per heavy atom. The summed E-state index contributed by atoms with van der Waals surface area (Å²) in [5.41, 5.74) is 2.61. The molecule has 0 saturated carbocycles. The summed E-state index contributed by atoms with van der Waals surface area (Å²) >= 11 is 3.44. The van der Waals surface area contributed by atoms with Gasteiger partial charge in [0.2, 0.25) is 11.8 Å². The average Bonchev–Trinajstić information content (AvgIpc) is 3.05. The predicted molar refractivity (Wildman–Crippen MR) is 178 cm³/mol. The van der Waals surface area contributed by atoms with Gasteiger partial charge in [-0.05, 0) is 54.4 Å². The molecule has 0 heterocycles. The van der Waals surface area contributed by atoms with Crippen LogP contribution in [0.2, 0.25) is 0 Å². The number of carbonyl (C=O) groups is 2. The molecule has 0 fully saturated rings. The van der Waals surface area contributed by atoms with E-state index in [1.807, 2.05) is 61.5 Å². The van der Waals surface area contributed by atoms with Gasteiger partial charge in [-0.25, -0.2) is 8.42 Å². The number of nitrogens with one attached hydrogen (secondary N) is 1. The molecule has 0 bridgehead atoms. The molecule has 1 atom stereocenters. The lowest BCUT2D eigenvalue weighted by Gasteiger charge is -2.34. The van der Waals surface area contributed by atoms with Gasteiger partial charge in [0.1, 0.15) is 24.1 Å². The van der Waals surface area contributed by atoms with E-state index in [1.165, 1.54) is 44.4 Å². The van der Waals surface area contributed by atoms with E-state index in [2.05, 4.69) is 21.2 Å². The smallest absolute Gasteiger partial charge is 0.264 e. The summed E-state index contributed by atoms with van der Waals surface area (Å²) in [5, 5.41) is 2.69. The highest BCUT2D eigenvalue weighted by Gasteiger charge is 2.35. The molecule has 9 nitrogen and oxygen atoms in total. The van der Waals surface area contributed by atoms with Crippen molar-refractivity contribution < 1.29 is 27.5 Å². The first-order valence-electron chi connectivity index (χ1n) is 14.2. The lowest BCUT2D eigenvalue weighted by Crippen LogP contribution is -2.53. The Kier molecular flexibility index (Phi) is 11.2. The normalized spacial score (nSPS) is 11.8. The van der Waals surface area contributed by atoms with Crippen LogP contribution in [-0.2, 0) is 32.6 Å². The summed E-state index contributed by atoms with van der Waals surface area (Å²) in [5.74, 6) is -0.355. The standard InChI is InChI=1S/C34H36BrN3O6S/c1-24-10-17-29(18-11-24)45(41,42)38(30-21-28(43-3)16-19-32(30)44-4)23-33(39)37(22-26-12-14-27(35)15-13-26)31(34(40)36-2)20-25-8-6-5-7-9-25/h5-19,21,31H,20,22-23H2,1-4H3,(H,36,40). The van der Waals surface area contributed by atoms with Gasteiger partial charge in [-0.15, -0.1) is 0 Å². The molecule has 1 unspecified atom stereocenters. The van der Waals surface area contributed by atoms with Crippen molar-refractivity contribution in [1.82, 2.24) is 10.2 Å². The van der Waals surface area contributed by atoms with Gasteiger partial charge in [0.05, 0.1) is 24.8 Å². The summed E-state index contributed by atoms with van der Waals surface area (Å²) in [4.78, 5) is 29.3. The minimum atomic E-state index is -4.30. The number of ether oxygens (including phenoxy) is 2. The van der Waals surface area contributed by atoms with Gasteiger partial charge < -0.3 is 19.7 Å². The van der Waals surface area contributed by atoms with Crippen molar-refractivity contribution in [2.24, 2.45) is 0 Å². The maximum Gasteiger partial charge on any atom is 0.264 e. The number of sulfonamides is 1. The minimum absolute atomic E-state index is 0.00244. The van der Waals surface area contributed by atoms with Crippen molar-refractivity contribution in [3.63, 3.8) is 0 Å². The second-order valence-electron chi connectivity index (χ2n) is 10.3. The van der Waals surface area contributed by atoms with Crippen LogP contribution in [0.1, 0.15) is 16.7 Å². The fourth-order valence-electron chi connectivity index (χ4n) is 4.85. The molecule has 2 amide bonds. The number of hydrogen-bond acceptors (Lipinski definition) is 6. The van der Waals surface area contributed by atoms with Crippen molar-refractivity contribution in [3.8, 4) is 11.5 Å². The largest absolute Gasteiger partial charge is 0.497 e. The van der Waals surface area contributed by atoms with E-state index in [-0.39, 0.29) is 35.2 Å². The zero-order valence-electron chi connectivity index (χ0n) is 25.6. The SMILES string of the molecule is CNC(=O)C(Cc1ccccc1)N(Cc1ccc(Br)cc1)C(=O)CN(c1cc(OC)ccc1OC)S(=O)(=O)c1ccc(C)cc1. The molecule has 0 radical (unpaired) electrons. The lowest BCUT2D eigenvalue weighted by molar-refractivity contribution is -0.139. The molecule has 0 spiro atoms. The molecule has 0 aromatic heterocycles. The summed E-state index contributed by atoms with van der Waals surface area (Å²) in [6, 6.07) is 26.9. The van der Waals surface area contributed by atoms with Crippen molar-refractivity contribution in [2.45, 2.75) is 30.8 Å². The van der Waals surface area contributed by atoms with Crippen LogP contribution in [0.3, 0.4) is 0 Å². The van der Waals surface area contributed by atoms with Gasteiger partial charge in [-0.1, -0.05) is 76.1 Å². The molecule has 45 heavy (non-hydrogen) atoms. The van der Waals surface area contributed by atoms with Gasteiger partial charge in [0.15, 0.2) is 0 Å². The molecule has 4 aromatic rings. The number of likely N-dealkylation sites (N-methyl/N-ethyl adjacent to an activating group) is 1. The van der Waals surface area contributed by atoms with E-state index in [9.17, 15) is 18.0 Å². The number of anilines is 1. The Balaban J connectivity index is 1.85. The van der Waals surface area contributed by atoms with Crippen molar-refractivity contribution in [2.75, 3.05) is 32.1 Å². The zero-order valence-corrected chi connectivity index (χ0v) is 28.0. The van der Waals surface area contributed by atoms with E-state index >= 15 is 0 Å². The van der Waals surface area contributed by atoms with Crippen molar-refractivity contribution in [1.29, 1.82) is 0 Å². The van der Waals surface area contributed by atoms with Gasteiger partial charge in [-0.2, -0.15) is 0 Å². The van der Waals surface area contributed by atoms with Gasteiger partial charge in [-0.3, -0.25) is 13.9 Å². The molecule has 1 N–H and O–H groups in total. The second kappa shape index (κ2) is 15.1. The lowest BCUT2D eigenvalue weighted by atomic mass is 10.0. The van der Waals surface area contributed by atoms with Crippen LogP contribution in [0.4, 0.5) is 5.69 Å². The number of benzene rings is 4. The molecule has 0 saturated heterocycles. The average molecular weight is 695 g/mol. The number of halogens is 1. The summed E-state index contributed by atoms with van der Waals surface area (Å²) in [6.45, 7) is 1.30. The van der Waals surface area contributed by atoms with E-state index < -0.39 is 28.5 Å². The predicted octanol–water partition coefficient (Wildman–Crippen LogP) is 5.36. The van der Waals surface area contributed by atoms with E-state index in [4.69, 9.17) is 9.47 Å². The van der Waals surface area contributed by atoms with Crippen molar-refractivity contribution >= 4 is 43.5 Å². The third kappa shape index (κ3) is 8.23. The molecule has 0 aliphatic carbocycles. The third-order valence-electron chi connectivity index (χ3n) is 7.33. The minimum Gasteiger partial charge on any atom is -0.497 e. The van der Waals surface area contributed by atoms with Crippen LogP contribution in [0, 0.1) is 6.92 Å². The van der Waals surface area contributed by atoms with E-state index in [1.54, 1.807) is 24.3 Å².